The number of benzene rings is 1. The van der Waals surface area contributed by atoms with Crippen molar-refractivity contribution >= 4 is 16.8 Å². The first-order valence-electron chi connectivity index (χ1n) is 8.88. The van der Waals surface area contributed by atoms with Crippen LogP contribution in [-0.2, 0) is 0 Å². The lowest BCUT2D eigenvalue weighted by Crippen LogP contribution is -2.43. The normalized spacial score (nSPS) is 34.9. The van der Waals surface area contributed by atoms with Gasteiger partial charge in [0.1, 0.15) is 5.69 Å². The zero-order valence-electron chi connectivity index (χ0n) is 13.2. The summed E-state index contributed by atoms with van der Waals surface area (Å²) in [6.45, 7) is 0. The largest absolute Gasteiger partial charge is 0.364 e. The second kappa shape index (κ2) is 4.80. The number of hydrogen-bond donors (Lipinski definition) is 1. The highest BCUT2D eigenvalue weighted by Gasteiger charge is 2.49. The third-order valence-electron chi connectivity index (χ3n) is 6.59. The molecule has 2 N–H and O–H groups in total. The molecule has 4 bridgehead atoms. The van der Waals surface area contributed by atoms with Crippen LogP contribution in [0.15, 0.2) is 30.3 Å². The molecule has 4 fully saturated rings. The average Bonchev–Trinajstić information content (AvgIpc) is 2.53. The van der Waals surface area contributed by atoms with Gasteiger partial charge in [0.15, 0.2) is 0 Å². The lowest BCUT2D eigenvalue weighted by molar-refractivity contribution is -0.00234. The lowest BCUT2D eigenvalue weighted by Gasteiger charge is -2.54. The third-order valence-corrected chi connectivity index (χ3v) is 6.59. The fourth-order valence-corrected chi connectivity index (χ4v) is 6.04. The maximum absolute atomic E-state index is 11.7. The van der Waals surface area contributed by atoms with Gasteiger partial charge in [0.25, 0.3) is 5.91 Å². The van der Waals surface area contributed by atoms with E-state index >= 15 is 0 Å². The van der Waals surface area contributed by atoms with Gasteiger partial charge in [-0.15, -0.1) is 0 Å². The average molecular weight is 306 g/mol. The quantitative estimate of drug-likeness (QED) is 0.915. The van der Waals surface area contributed by atoms with Gasteiger partial charge in [0, 0.05) is 5.39 Å². The van der Waals surface area contributed by atoms with Gasteiger partial charge in [-0.25, -0.2) is 4.98 Å². The summed E-state index contributed by atoms with van der Waals surface area (Å²) in [5, 5.41) is 1.22. The molecule has 3 heteroatoms. The van der Waals surface area contributed by atoms with Gasteiger partial charge in [0.2, 0.25) is 0 Å². The van der Waals surface area contributed by atoms with Crippen molar-refractivity contribution < 1.29 is 4.79 Å². The SMILES string of the molecule is NC(=O)c1cc(C2C3CC4CC(C3)CC2C4)c2ccccc2n1. The maximum atomic E-state index is 11.7. The van der Waals surface area contributed by atoms with Gasteiger partial charge in [0.05, 0.1) is 5.52 Å². The molecule has 1 aromatic carbocycles. The molecule has 4 saturated carbocycles. The standard InChI is InChI=1S/C20H22N2O/c21-20(23)18-10-16(15-3-1-2-4-17(15)22-18)19-13-6-11-5-12(8-13)9-14(19)7-11/h1-4,10-14,19H,5-9H2,(H2,21,23). The summed E-state index contributed by atoms with van der Waals surface area (Å²) >= 11 is 0. The fourth-order valence-electron chi connectivity index (χ4n) is 6.04. The Morgan fingerprint density at radius 3 is 2.30 bits per heavy atom. The van der Waals surface area contributed by atoms with E-state index in [2.05, 4.69) is 17.1 Å². The molecule has 1 heterocycles. The van der Waals surface area contributed by atoms with Crippen molar-refractivity contribution in [2.45, 2.75) is 38.0 Å². The number of pyridine rings is 1. The van der Waals surface area contributed by atoms with Gasteiger partial charge < -0.3 is 5.73 Å². The first-order valence-corrected chi connectivity index (χ1v) is 8.88. The number of carbonyl (C=O) groups excluding carboxylic acids is 1. The van der Waals surface area contributed by atoms with Gasteiger partial charge in [-0.05, 0) is 79.4 Å². The minimum Gasteiger partial charge on any atom is -0.364 e. The summed E-state index contributed by atoms with van der Waals surface area (Å²) in [6.07, 6.45) is 6.96. The molecule has 0 atom stereocenters. The number of para-hydroxylation sites is 1. The van der Waals surface area contributed by atoms with E-state index in [-0.39, 0.29) is 0 Å². The zero-order valence-corrected chi connectivity index (χ0v) is 13.2. The number of rotatable bonds is 2. The Bertz CT molecular complexity index is 769. The van der Waals surface area contributed by atoms with Crippen LogP contribution in [0.4, 0.5) is 0 Å². The molecule has 1 aromatic heterocycles. The number of carbonyl (C=O) groups is 1. The number of fused-ring (bicyclic) bond motifs is 1. The minimum atomic E-state index is -0.416. The van der Waals surface area contributed by atoms with Crippen LogP contribution in [0.2, 0.25) is 0 Å². The molecular weight excluding hydrogens is 284 g/mol. The van der Waals surface area contributed by atoms with Crippen LogP contribution in [0.1, 0.15) is 54.1 Å². The van der Waals surface area contributed by atoms with Crippen LogP contribution in [0.3, 0.4) is 0 Å². The van der Waals surface area contributed by atoms with Crippen molar-refractivity contribution in [2.75, 3.05) is 0 Å². The molecule has 23 heavy (non-hydrogen) atoms. The Morgan fingerprint density at radius 1 is 1.00 bits per heavy atom. The molecular formula is C20H22N2O. The van der Waals surface area contributed by atoms with E-state index in [1.165, 1.54) is 43.1 Å². The second-order valence-corrected chi connectivity index (χ2v) is 7.93. The number of aromatic nitrogens is 1. The summed E-state index contributed by atoms with van der Waals surface area (Å²) in [6, 6.07) is 10.2. The lowest BCUT2D eigenvalue weighted by atomic mass is 9.50. The Hall–Kier alpha value is -1.90. The maximum Gasteiger partial charge on any atom is 0.267 e. The van der Waals surface area contributed by atoms with Crippen molar-refractivity contribution in [1.29, 1.82) is 0 Å². The van der Waals surface area contributed by atoms with Crippen LogP contribution < -0.4 is 5.73 Å². The molecule has 0 aliphatic heterocycles. The van der Waals surface area contributed by atoms with E-state index in [1.54, 1.807) is 0 Å². The molecule has 0 saturated heterocycles. The van der Waals surface area contributed by atoms with E-state index < -0.39 is 5.91 Å². The summed E-state index contributed by atoms with van der Waals surface area (Å²) in [5.74, 6) is 3.67. The highest BCUT2D eigenvalue weighted by atomic mass is 16.1. The number of nitrogens with zero attached hydrogens (tertiary/aromatic N) is 1. The topological polar surface area (TPSA) is 56.0 Å². The molecule has 0 unspecified atom stereocenters. The number of nitrogens with two attached hydrogens (primary N) is 1. The van der Waals surface area contributed by atoms with Crippen molar-refractivity contribution in [3.63, 3.8) is 0 Å². The number of hydrogen-bond acceptors (Lipinski definition) is 2. The van der Waals surface area contributed by atoms with Crippen molar-refractivity contribution in [3.05, 3.63) is 41.6 Å². The second-order valence-electron chi connectivity index (χ2n) is 7.93. The van der Waals surface area contributed by atoms with E-state index in [1.807, 2.05) is 18.2 Å². The minimum absolute atomic E-state index is 0.416. The molecule has 1 amide bonds. The smallest absolute Gasteiger partial charge is 0.267 e. The first-order chi connectivity index (χ1) is 11.2. The molecule has 4 aliphatic rings. The van der Waals surface area contributed by atoms with E-state index in [4.69, 9.17) is 5.73 Å². The zero-order chi connectivity index (χ0) is 15.6. The van der Waals surface area contributed by atoms with E-state index in [9.17, 15) is 4.79 Å². The molecule has 4 aliphatic carbocycles. The van der Waals surface area contributed by atoms with Crippen LogP contribution in [-0.4, -0.2) is 10.9 Å². The first kappa shape index (κ1) is 13.5. The Morgan fingerprint density at radius 2 is 1.65 bits per heavy atom. The summed E-state index contributed by atoms with van der Waals surface area (Å²) in [4.78, 5) is 16.2. The van der Waals surface area contributed by atoms with E-state index in [0.29, 0.717) is 11.6 Å². The van der Waals surface area contributed by atoms with Crippen molar-refractivity contribution in [3.8, 4) is 0 Å². The van der Waals surface area contributed by atoms with Gasteiger partial charge in [-0.3, -0.25) is 4.79 Å². The Balaban J connectivity index is 1.68. The molecule has 6 rings (SSSR count). The predicted octanol–water partition coefficient (Wildman–Crippen LogP) is 3.87. The van der Waals surface area contributed by atoms with Gasteiger partial charge in [-0.1, -0.05) is 18.2 Å². The Labute approximate surface area is 136 Å². The summed E-state index contributed by atoms with van der Waals surface area (Å²) < 4.78 is 0. The van der Waals surface area contributed by atoms with Crippen LogP contribution in [0.5, 0.6) is 0 Å². The van der Waals surface area contributed by atoms with Crippen LogP contribution in [0, 0.1) is 23.7 Å². The van der Waals surface area contributed by atoms with Crippen LogP contribution in [0.25, 0.3) is 10.9 Å². The Kier molecular flexibility index (Phi) is 2.82. The number of amides is 1. The molecule has 3 nitrogen and oxygen atoms in total. The summed E-state index contributed by atoms with van der Waals surface area (Å²) in [7, 11) is 0. The molecule has 118 valence electrons. The highest BCUT2D eigenvalue weighted by molar-refractivity contribution is 5.95. The summed E-state index contributed by atoms with van der Waals surface area (Å²) in [5.41, 5.74) is 8.21. The highest BCUT2D eigenvalue weighted by Crippen LogP contribution is 2.60. The monoisotopic (exact) mass is 306 g/mol. The predicted molar refractivity (Wildman–Crippen MR) is 90.0 cm³/mol. The fraction of sp³-hybridized carbons (Fsp3) is 0.500. The number of primary amides is 1. The van der Waals surface area contributed by atoms with Crippen LogP contribution >= 0.6 is 0 Å². The van der Waals surface area contributed by atoms with E-state index in [0.717, 1.165) is 29.2 Å². The van der Waals surface area contributed by atoms with Gasteiger partial charge in [-0.2, -0.15) is 0 Å². The van der Waals surface area contributed by atoms with Crippen molar-refractivity contribution in [2.24, 2.45) is 29.4 Å². The molecule has 0 radical (unpaired) electrons. The molecule has 0 spiro atoms. The van der Waals surface area contributed by atoms with Crippen molar-refractivity contribution in [1.82, 2.24) is 4.98 Å². The van der Waals surface area contributed by atoms with Gasteiger partial charge >= 0.3 is 0 Å². The third kappa shape index (κ3) is 2.02. The molecule has 2 aromatic rings.